The Bertz CT molecular complexity index is 416. The SMILES string of the molecule is Cc1ccc(C(CNC(C)C)C2CCCCC2)cc1C. The van der Waals surface area contributed by atoms with E-state index >= 15 is 0 Å². The van der Waals surface area contributed by atoms with Crippen molar-refractivity contribution in [2.24, 2.45) is 5.92 Å². The van der Waals surface area contributed by atoms with E-state index in [2.05, 4.69) is 51.2 Å². The number of nitrogens with one attached hydrogen (secondary N) is 1. The minimum atomic E-state index is 0.577. The van der Waals surface area contributed by atoms with Crippen molar-refractivity contribution in [2.75, 3.05) is 6.54 Å². The Kier molecular flexibility index (Phi) is 5.65. The maximum atomic E-state index is 3.68. The van der Waals surface area contributed by atoms with Gasteiger partial charge in [-0.1, -0.05) is 51.3 Å². The van der Waals surface area contributed by atoms with Crippen LogP contribution in [-0.4, -0.2) is 12.6 Å². The zero-order valence-corrected chi connectivity index (χ0v) is 13.7. The van der Waals surface area contributed by atoms with Gasteiger partial charge < -0.3 is 5.32 Å². The lowest BCUT2D eigenvalue weighted by atomic mass is 9.76. The quantitative estimate of drug-likeness (QED) is 0.799. The van der Waals surface area contributed by atoms with E-state index in [1.807, 2.05) is 0 Å². The Morgan fingerprint density at radius 3 is 2.35 bits per heavy atom. The summed E-state index contributed by atoms with van der Waals surface area (Å²) in [5, 5.41) is 3.68. The van der Waals surface area contributed by atoms with Crippen molar-refractivity contribution in [2.45, 2.75) is 71.8 Å². The molecule has 0 amide bonds. The van der Waals surface area contributed by atoms with E-state index in [1.165, 1.54) is 43.2 Å². The smallest absolute Gasteiger partial charge is 0.00251 e. The fraction of sp³-hybridized carbons (Fsp3) is 0.684. The number of aryl methyl sites for hydroxylation is 2. The maximum Gasteiger partial charge on any atom is 0.00251 e. The number of benzene rings is 1. The molecule has 112 valence electrons. The summed E-state index contributed by atoms with van der Waals surface area (Å²) in [6, 6.07) is 7.67. The highest BCUT2D eigenvalue weighted by Crippen LogP contribution is 2.36. The molecule has 2 rings (SSSR count). The van der Waals surface area contributed by atoms with Crippen molar-refractivity contribution in [3.8, 4) is 0 Å². The second kappa shape index (κ2) is 7.26. The van der Waals surface area contributed by atoms with E-state index in [0.29, 0.717) is 12.0 Å². The van der Waals surface area contributed by atoms with Crippen LogP contribution in [0.5, 0.6) is 0 Å². The zero-order valence-electron chi connectivity index (χ0n) is 13.7. The Morgan fingerprint density at radius 2 is 1.75 bits per heavy atom. The van der Waals surface area contributed by atoms with Crippen LogP contribution in [0.15, 0.2) is 18.2 Å². The summed E-state index contributed by atoms with van der Waals surface area (Å²) >= 11 is 0. The second-order valence-electron chi connectivity index (χ2n) is 6.91. The fourth-order valence-electron chi connectivity index (χ4n) is 3.45. The van der Waals surface area contributed by atoms with E-state index in [0.717, 1.165) is 12.5 Å². The van der Waals surface area contributed by atoms with Gasteiger partial charge in [-0.05, 0) is 55.2 Å². The van der Waals surface area contributed by atoms with Crippen LogP contribution in [0.4, 0.5) is 0 Å². The average molecular weight is 273 g/mol. The minimum absolute atomic E-state index is 0.577. The Labute approximate surface area is 125 Å². The molecule has 0 aliphatic heterocycles. The molecule has 0 radical (unpaired) electrons. The average Bonchev–Trinajstić information content (AvgIpc) is 2.44. The molecule has 0 heterocycles. The predicted octanol–water partition coefficient (Wildman–Crippen LogP) is 4.97. The summed E-state index contributed by atoms with van der Waals surface area (Å²) in [7, 11) is 0. The van der Waals surface area contributed by atoms with Crippen molar-refractivity contribution in [1.82, 2.24) is 5.32 Å². The molecule has 0 saturated heterocycles. The van der Waals surface area contributed by atoms with Crippen molar-refractivity contribution in [3.05, 3.63) is 34.9 Å². The molecule has 1 aromatic carbocycles. The molecule has 1 N–H and O–H groups in total. The van der Waals surface area contributed by atoms with E-state index in [9.17, 15) is 0 Å². The van der Waals surface area contributed by atoms with Gasteiger partial charge in [0, 0.05) is 12.6 Å². The van der Waals surface area contributed by atoms with Gasteiger partial charge in [0.25, 0.3) is 0 Å². The third kappa shape index (κ3) is 4.09. The van der Waals surface area contributed by atoms with E-state index in [1.54, 1.807) is 5.56 Å². The summed E-state index contributed by atoms with van der Waals surface area (Å²) in [6.07, 6.45) is 7.11. The molecule has 1 aromatic rings. The second-order valence-corrected chi connectivity index (χ2v) is 6.91. The van der Waals surface area contributed by atoms with Crippen LogP contribution in [-0.2, 0) is 0 Å². The van der Waals surface area contributed by atoms with Gasteiger partial charge in [-0.15, -0.1) is 0 Å². The van der Waals surface area contributed by atoms with Gasteiger partial charge in [-0.3, -0.25) is 0 Å². The molecule has 20 heavy (non-hydrogen) atoms. The molecule has 1 nitrogen and oxygen atoms in total. The summed E-state index contributed by atoms with van der Waals surface area (Å²) < 4.78 is 0. The number of hydrogen-bond donors (Lipinski definition) is 1. The maximum absolute atomic E-state index is 3.68. The minimum Gasteiger partial charge on any atom is -0.314 e. The van der Waals surface area contributed by atoms with Crippen molar-refractivity contribution in [1.29, 1.82) is 0 Å². The molecule has 1 unspecified atom stereocenters. The Hall–Kier alpha value is -0.820. The topological polar surface area (TPSA) is 12.0 Å². The molecule has 0 spiro atoms. The van der Waals surface area contributed by atoms with Crippen molar-refractivity contribution >= 4 is 0 Å². The first kappa shape index (κ1) is 15.6. The number of hydrogen-bond acceptors (Lipinski definition) is 1. The molecular formula is C19H31N. The highest BCUT2D eigenvalue weighted by molar-refractivity contribution is 5.32. The van der Waals surface area contributed by atoms with Gasteiger partial charge >= 0.3 is 0 Å². The lowest BCUT2D eigenvalue weighted by molar-refractivity contribution is 0.293. The Morgan fingerprint density at radius 1 is 1.05 bits per heavy atom. The van der Waals surface area contributed by atoms with E-state index < -0.39 is 0 Å². The molecule has 1 saturated carbocycles. The van der Waals surface area contributed by atoms with Gasteiger partial charge in [0.2, 0.25) is 0 Å². The highest BCUT2D eigenvalue weighted by Gasteiger charge is 2.25. The van der Waals surface area contributed by atoms with Crippen LogP contribution in [0.2, 0.25) is 0 Å². The zero-order chi connectivity index (χ0) is 14.5. The molecule has 0 aromatic heterocycles. The molecule has 1 fully saturated rings. The third-order valence-electron chi connectivity index (χ3n) is 4.92. The third-order valence-corrected chi connectivity index (χ3v) is 4.92. The monoisotopic (exact) mass is 273 g/mol. The van der Waals surface area contributed by atoms with Crippen LogP contribution >= 0.6 is 0 Å². The summed E-state index contributed by atoms with van der Waals surface area (Å²) in [5.74, 6) is 1.56. The van der Waals surface area contributed by atoms with Crippen molar-refractivity contribution in [3.63, 3.8) is 0 Å². The molecular weight excluding hydrogens is 242 g/mol. The standard InChI is InChI=1S/C19H31N/c1-14(2)20-13-19(17-8-6-5-7-9-17)18-11-10-15(3)16(4)12-18/h10-12,14,17,19-20H,5-9,13H2,1-4H3. The van der Waals surface area contributed by atoms with Crippen LogP contribution in [0.1, 0.15) is 68.6 Å². The van der Waals surface area contributed by atoms with Crippen LogP contribution in [0, 0.1) is 19.8 Å². The Balaban J connectivity index is 2.17. The van der Waals surface area contributed by atoms with Gasteiger partial charge in [-0.25, -0.2) is 0 Å². The largest absolute Gasteiger partial charge is 0.314 e. The summed E-state index contributed by atoms with van der Waals surface area (Å²) in [6.45, 7) is 10.1. The lowest BCUT2D eigenvalue weighted by Crippen LogP contribution is -2.32. The van der Waals surface area contributed by atoms with Gasteiger partial charge in [0.15, 0.2) is 0 Å². The summed E-state index contributed by atoms with van der Waals surface area (Å²) in [5.41, 5.74) is 4.40. The lowest BCUT2D eigenvalue weighted by Gasteiger charge is -2.32. The fourth-order valence-corrected chi connectivity index (χ4v) is 3.45. The number of rotatable bonds is 5. The first-order valence-corrected chi connectivity index (χ1v) is 8.38. The normalized spacial score (nSPS) is 18.4. The summed E-state index contributed by atoms with van der Waals surface area (Å²) in [4.78, 5) is 0. The van der Waals surface area contributed by atoms with Crippen LogP contribution < -0.4 is 5.32 Å². The van der Waals surface area contributed by atoms with Crippen LogP contribution in [0.3, 0.4) is 0 Å². The van der Waals surface area contributed by atoms with E-state index in [-0.39, 0.29) is 0 Å². The van der Waals surface area contributed by atoms with Gasteiger partial charge in [0.05, 0.1) is 0 Å². The molecule has 1 aliphatic carbocycles. The predicted molar refractivity (Wildman–Crippen MR) is 88.4 cm³/mol. The first-order chi connectivity index (χ1) is 9.58. The van der Waals surface area contributed by atoms with Gasteiger partial charge in [-0.2, -0.15) is 0 Å². The molecule has 1 aliphatic rings. The van der Waals surface area contributed by atoms with Crippen LogP contribution in [0.25, 0.3) is 0 Å². The molecule has 1 heteroatoms. The first-order valence-electron chi connectivity index (χ1n) is 8.38. The molecule has 1 atom stereocenters. The molecule has 0 bridgehead atoms. The van der Waals surface area contributed by atoms with Crippen molar-refractivity contribution < 1.29 is 0 Å². The van der Waals surface area contributed by atoms with Gasteiger partial charge in [0.1, 0.15) is 0 Å². The van der Waals surface area contributed by atoms with E-state index in [4.69, 9.17) is 0 Å². The highest BCUT2D eigenvalue weighted by atomic mass is 14.9.